The highest BCUT2D eigenvalue weighted by Crippen LogP contribution is 2.08. The van der Waals surface area contributed by atoms with Gasteiger partial charge in [-0.1, -0.05) is 24.1 Å². The first-order valence-corrected chi connectivity index (χ1v) is 5.00. The van der Waals surface area contributed by atoms with Crippen molar-refractivity contribution in [3.63, 3.8) is 0 Å². The summed E-state index contributed by atoms with van der Waals surface area (Å²) in [5, 5.41) is 0. The fourth-order valence-corrected chi connectivity index (χ4v) is 1.02. The lowest BCUT2D eigenvalue weighted by Crippen LogP contribution is -1.95. The molecule has 0 aromatic heterocycles. The molecule has 0 aliphatic rings. The number of hydrogen-bond acceptors (Lipinski definition) is 2. The van der Waals surface area contributed by atoms with E-state index in [-0.39, 0.29) is 5.97 Å². The van der Waals surface area contributed by atoms with Crippen molar-refractivity contribution < 1.29 is 9.53 Å². The maximum atomic E-state index is 10.9. The van der Waals surface area contributed by atoms with E-state index in [1.165, 1.54) is 12.7 Å². The molecule has 0 bridgehead atoms. The van der Waals surface area contributed by atoms with Gasteiger partial charge in [-0.15, -0.1) is 0 Å². The second-order valence-corrected chi connectivity index (χ2v) is 3.46. The molecule has 0 aromatic rings. The van der Waals surface area contributed by atoms with E-state index in [1.807, 2.05) is 6.92 Å². The summed E-state index contributed by atoms with van der Waals surface area (Å²) < 4.78 is 4.54. The number of methoxy groups -OCH3 is 1. The number of esters is 1. The van der Waals surface area contributed by atoms with Crippen LogP contribution in [0.1, 0.15) is 40.0 Å². The van der Waals surface area contributed by atoms with E-state index < -0.39 is 0 Å². The highest BCUT2D eigenvalue weighted by atomic mass is 16.5. The summed E-state index contributed by atoms with van der Waals surface area (Å²) in [5.74, 6) is -0.265. The molecule has 0 fully saturated rings. The fraction of sp³-hybridized carbons (Fsp3) is 0.583. The summed E-state index contributed by atoms with van der Waals surface area (Å²) >= 11 is 0. The molecule has 2 heteroatoms. The molecule has 0 radical (unpaired) electrons. The lowest BCUT2D eigenvalue weighted by atomic mass is 10.1. The molecule has 0 heterocycles. The van der Waals surface area contributed by atoms with Crippen LogP contribution in [0.25, 0.3) is 0 Å². The SMILES string of the molecule is CCC(C)=CCCC(C)=CC(=O)OC. The first-order valence-electron chi connectivity index (χ1n) is 5.00. The predicted molar refractivity (Wildman–Crippen MR) is 59.1 cm³/mol. The molecule has 0 rings (SSSR count). The summed E-state index contributed by atoms with van der Waals surface area (Å²) in [4.78, 5) is 10.9. The number of carbonyl (C=O) groups excluding carboxylic acids is 1. The van der Waals surface area contributed by atoms with Crippen LogP contribution in [-0.4, -0.2) is 13.1 Å². The predicted octanol–water partition coefficient (Wildman–Crippen LogP) is 3.24. The van der Waals surface area contributed by atoms with Crippen LogP contribution in [-0.2, 0) is 9.53 Å². The summed E-state index contributed by atoms with van der Waals surface area (Å²) in [6, 6.07) is 0. The van der Waals surface area contributed by atoms with Crippen molar-refractivity contribution in [2.45, 2.75) is 40.0 Å². The van der Waals surface area contributed by atoms with Gasteiger partial charge in [-0.2, -0.15) is 0 Å². The lowest BCUT2D eigenvalue weighted by molar-refractivity contribution is -0.134. The smallest absolute Gasteiger partial charge is 0.330 e. The van der Waals surface area contributed by atoms with E-state index in [9.17, 15) is 4.79 Å². The van der Waals surface area contributed by atoms with E-state index in [0.717, 1.165) is 24.8 Å². The zero-order valence-electron chi connectivity index (χ0n) is 9.59. The Morgan fingerprint density at radius 3 is 2.43 bits per heavy atom. The van der Waals surface area contributed by atoms with Crippen molar-refractivity contribution in [3.05, 3.63) is 23.3 Å². The van der Waals surface area contributed by atoms with Crippen molar-refractivity contribution in [2.24, 2.45) is 0 Å². The summed E-state index contributed by atoms with van der Waals surface area (Å²) in [5.41, 5.74) is 2.47. The van der Waals surface area contributed by atoms with Gasteiger partial charge in [0, 0.05) is 6.08 Å². The highest BCUT2D eigenvalue weighted by molar-refractivity contribution is 5.82. The minimum atomic E-state index is -0.265. The first-order chi connectivity index (χ1) is 6.60. The summed E-state index contributed by atoms with van der Waals surface area (Å²) in [7, 11) is 1.40. The molecule has 80 valence electrons. The number of hydrogen-bond donors (Lipinski definition) is 0. The molecular weight excluding hydrogens is 176 g/mol. The van der Waals surface area contributed by atoms with Crippen LogP contribution >= 0.6 is 0 Å². The maximum absolute atomic E-state index is 10.9. The summed E-state index contributed by atoms with van der Waals surface area (Å²) in [6.45, 7) is 6.22. The van der Waals surface area contributed by atoms with Crippen LogP contribution in [0.4, 0.5) is 0 Å². The Morgan fingerprint density at radius 1 is 1.29 bits per heavy atom. The zero-order chi connectivity index (χ0) is 11.0. The number of rotatable bonds is 5. The quantitative estimate of drug-likeness (QED) is 0.383. The molecule has 0 unspecified atom stereocenters. The Kier molecular flexibility index (Phi) is 6.81. The van der Waals surface area contributed by atoms with Gasteiger partial charge in [0.2, 0.25) is 0 Å². The molecule has 0 amide bonds. The second-order valence-electron chi connectivity index (χ2n) is 3.46. The van der Waals surface area contributed by atoms with Gasteiger partial charge in [-0.25, -0.2) is 4.79 Å². The van der Waals surface area contributed by atoms with Crippen molar-refractivity contribution in [2.75, 3.05) is 7.11 Å². The first kappa shape index (κ1) is 12.9. The minimum absolute atomic E-state index is 0.265. The van der Waals surface area contributed by atoms with Crippen LogP contribution in [0.15, 0.2) is 23.3 Å². The van der Waals surface area contributed by atoms with Gasteiger partial charge in [0.1, 0.15) is 0 Å². The Bertz CT molecular complexity index is 237. The molecule has 14 heavy (non-hydrogen) atoms. The molecule has 0 atom stereocenters. The molecule has 0 saturated heterocycles. The van der Waals surface area contributed by atoms with Gasteiger partial charge in [-0.3, -0.25) is 0 Å². The van der Waals surface area contributed by atoms with Gasteiger partial charge in [0.25, 0.3) is 0 Å². The van der Waals surface area contributed by atoms with Crippen molar-refractivity contribution >= 4 is 5.97 Å². The minimum Gasteiger partial charge on any atom is -0.466 e. The largest absolute Gasteiger partial charge is 0.466 e. The molecule has 0 aliphatic heterocycles. The number of allylic oxidation sites excluding steroid dienone is 3. The molecular formula is C12H20O2. The monoisotopic (exact) mass is 196 g/mol. The third-order valence-corrected chi connectivity index (χ3v) is 2.15. The van der Waals surface area contributed by atoms with Crippen LogP contribution in [0.5, 0.6) is 0 Å². The normalized spacial score (nSPS) is 12.9. The molecule has 0 saturated carbocycles. The van der Waals surface area contributed by atoms with Crippen molar-refractivity contribution in [1.29, 1.82) is 0 Å². The fourth-order valence-electron chi connectivity index (χ4n) is 1.02. The molecule has 0 N–H and O–H groups in total. The third kappa shape index (κ3) is 6.46. The molecule has 0 aromatic carbocycles. The van der Waals surface area contributed by atoms with Gasteiger partial charge in [-0.05, 0) is 33.1 Å². The topological polar surface area (TPSA) is 26.3 Å². The second kappa shape index (κ2) is 7.36. The van der Waals surface area contributed by atoms with E-state index in [0.29, 0.717) is 0 Å². The van der Waals surface area contributed by atoms with E-state index in [4.69, 9.17) is 0 Å². The number of ether oxygens (including phenoxy) is 1. The Balaban J connectivity index is 3.90. The maximum Gasteiger partial charge on any atom is 0.330 e. The highest BCUT2D eigenvalue weighted by Gasteiger charge is 1.95. The van der Waals surface area contributed by atoms with Gasteiger partial charge < -0.3 is 4.74 Å². The van der Waals surface area contributed by atoms with Gasteiger partial charge in [0.05, 0.1) is 7.11 Å². The van der Waals surface area contributed by atoms with Crippen molar-refractivity contribution in [1.82, 2.24) is 0 Å². The van der Waals surface area contributed by atoms with E-state index in [1.54, 1.807) is 6.08 Å². The summed E-state index contributed by atoms with van der Waals surface area (Å²) in [6.07, 6.45) is 6.79. The van der Waals surface area contributed by atoms with Crippen LogP contribution in [0, 0.1) is 0 Å². The van der Waals surface area contributed by atoms with Gasteiger partial charge >= 0.3 is 5.97 Å². The molecule has 0 aliphatic carbocycles. The van der Waals surface area contributed by atoms with Gasteiger partial charge in [0.15, 0.2) is 0 Å². The van der Waals surface area contributed by atoms with Crippen LogP contribution < -0.4 is 0 Å². The van der Waals surface area contributed by atoms with Crippen molar-refractivity contribution in [3.8, 4) is 0 Å². The lowest BCUT2D eigenvalue weighted by Gasteiger charge is -1.99. The molecule has 2 nitrogen and oxygen atoms in total. The average molecular weight is 196 g/mol. The number of carbonyl (C=O) groups is 1. The van der Waals surface area contributed by atoms with E-state index >= 15 is 0 Å². The Hall–Kier alpha value is -1.05. The third-order valence-electron chi connectivity index (χ3n) is 2.15. The Labute approximate surface area is 86.6 Å². The molecule has 0 spiro atoms. The van der Waals surface area contributed by atoms with E-state index in [2.05, 4.69) is 24.7 Å². The van der Waals surface area contributed by atoms with Crippen LogP contribution in [0.2, 0.25) is 0 Å². The average Bonchev–Trinajstić information content (AvgIpc) is 2.17. The standard InChI is InChI=1S/C12H20O2/c1-5-10(2)7-6-8-11(3)9-12(13)14-4/h7,9H,5-6,8H2,1-4H3. The Morgan fingerprint density at radius 2 is 1.93 bits per heavy atom. The zero-order valence-corrected chi connectivity index (χ0v) is 9.59. The van der Waals surface area contributed by atoms with Crippen LogP contribution in [0.3, 0.4) is 0 Å².